The van der Waals surface area contributed by atoms with Crippen LogP contribution < -0.4 is 0 Å². The van der Waals surface area contributed by atoms with Crippen molar-refractivity contribution in [2.75, 3.05) is 7.11 Å². The number of esters is 1. The number of carbonyl (C=O) groups is 1. The zero-order chi connectivity index (χ0) is 13.4. The van der Waals surface area contributed by atoms with Crippen LogP contribution in [0.4, 0.5) is 26.3 Å². The second-order valence-electron chi connectivity index (χ2n) is 2.90. The maximum Gasteiger partial charge on any atom is 0.419 e. The van der Waals surface area contributed by atoms with E-state index in [2.05, 4.69) is 4.74 Å². The van der Waals surface area contributed by atoms with E-state index in [1.54, 1.807) is 0 Å². The lowest BCUT2D eigenvalue weighted by molar-refractivity contribution is -0.140. The van der Waals surface area contributed by atoms with E-state index in [1.807, 2.05) is 0 Å². The van der Waals surface area contributed by atoms with E-state index < -0.39 is 40.7 Å². The Labute approximate surface area is 90.8 Å². The third kappa shape index (κ3) is 2.34. The number of carbonyl (C=O) groups excluding carboxylic acids is 1. The van der Waals surface area contributed by atoms with Gasteiger partial charge < -0.3 is 4.74 Å². The molecule has 0 heterocycles. The molecule has 0 spiro atoms. The van der Waals surface area contributed by atoms with Gasteiger partial charge in [-0.05, 0) is 6.07 Å². The minimum Gasteiger partial charge on any atom is -0.465 e. The molecule has 0 unspecified atom stereocenters. The van der Waals surface area contributed by atoms with E-state index >= 15 is 0 Å². The van der Waals surface area contributed by atoms with Gasteiger partial charge >= 0.3 is 12.1 Å². The van der Waals surface area contributed by atoms with Gasteiger partial charge in [0, 0.05) is 0 Å². The van der Waals surface area contributed by atoms with Crippen molar-refractivity contribution in [3.8, 4) is 0 Å². The van der Waals surface area contributed by atoms with Crippen molar-refractivity contribution < 1.29 is 35.9 Å². The Morgan fingerprint density at radius 3 is 2.06 bits per heavy atom. The highest BCUT2D eigenvalue weighted by molar-refractivity contribution is 5.89. The van der Waals surface area contributed by atoms with Crippen LogP contribution in [0.1, 0.15) is 15.9 Å². The lowest BCUT2D eigenvalue weighted by Crippen LogP contribution is -2.15. The highest BCUT2D eigenvalue weighted by Crippen LogP contribution is 2.34. The lowest BCUT2D eigenvalue weighted by atomic mass is 10.1. The summed E-state index contributed by atoms with van der Waals surface area (Å²) in [4.78, 5) is 10.9. The molecule has 1 aromatic rings. The summed E-state index contributed by atoms with van der Waals surface area (Å²) in [7, 11) is 0.760. The first-order valence-corrected chi connectivity index (χ1v) is 4.03. The van der Waals surface area contributed by atoms with Gasteiger partial charge in [0.05, 0.1) is 18.2 Å². The molecular weight excluding hydrogens is 254 g/mol. The van der Waals surface area contributed by atoms with Gasteiger partial charge in [-0.1, -0.05) is 0 Å². The maximum absolute atomic E-state index is 13.0. The summed E-state index contributed by atoms with van der Waals surface area (Å²) in [5, 5.41) is 0. The average molecular weight is 258 g/mol. The second kappa shape index (κ2) is 4.27. The number of hydrogen-bond acceptors (Lipinski definition) is 2. The molecule has 0 N–H and O–H groups in total. The fourth-order valence-electron chi connectivity index (χ4n) is 1.07. The van der Waals surface area contributed by atoms with Crippen LogP contribution in [0, 0.1) is 17.5 Å². The number of rotatable bonds is 1. The molecule has 94 valence electrons. The Bertz CT molecular complexity index is 466. The standard InChI is InChI=1S/C9H4F6O2/c1-17-8(16)3-2-4(9(13,14)15)6(11)7(12)5(3)10/h2H,1H3. The summed E-state index contributed by atoms with van der Waals surface area (Å²) in [5.41, 5.74) is -3.39. The highest BCUT2D eigenvalue weighted by atomic mass is 19.4. The van der Waals surface area contributed by atoms with Crippen LogP contribution in [-0.4, -0.2) is 13.1 Å². The SMILES string of the molecule is COC(=O)c1cc(C(F)(F)F)c(F)c(F)c1F. The molecule has 1 aromatic carbocycles. The Morgan fingerprint density at radius 2 is 1.65 bits per heavy atom. The second-order valence-corrected chi connectivity index (χ2v) is 2.90. The monoisotopic (exact) mass is 258 g/mol. The molecule has 2 nitrogen and oxygen atoms in total. The zero-order valence-electron chi connectivity index (χ0n) is 8.16. The first-order chi connectivity index (χ1) is 7.70. The fraction of sp³-hybridized carbons (Fsp3) is 0.222. The molecule has 0 radical (unpaired) electrons. The van der Waals surface area contributed by atoms with E-state index in [0.29, 0.717) is 0 Å². The molecule has 0 aliphatic rings. The average Bonchev–Trinajstić information content (AvgIpc) is 2.23. The van der Waals surface area contributed by atoms with Crippen molar-refractivity contribution in [3.63, 3.8) is 0 Å². The molecule has 0 aliphatic carbocycles. The van der Waals surface area contributed by atoms with Crippen molar-refractivity contribution in [2.45, 2.75) is 6.18 Å². The smallest absolute Gasteiger partial charge is 0.419 e. The van der Waals surface area contributed by atoms with Gasteiger partial charge in [0.25, 0.3) is 0 Å². The van der Waals surface area contributed by atoms with Crippen LogP contribution in [0.15, 0.2) is 6.07 Å². The minimum atomic E-state index is -5.25. The quantitative estimate of drug-likeness (QED) is 0.440. The molecule has 17 heavy (non-hydrogen) atoms. The van der Waals surface area contributed by atoms with Gasteiger partial charge in [-0.3, -0.25) is 0 Å². The summed E-state index contributed by atoms with van der Waals surface area (Å²) < 4.78 is 79.2. The Morgan fingerprint density at radius 1 is 1.12 bits per heavy atom. The third-order valence-electron chi connectivity index (χ3n) is 1.86. The van der Waals surface area contributed by atoms with Crippen LogP contribution in [-0.2, 0) is 10.9 Å². The van der Waals surface area contributed by atoms with Crippen LogP contribution in [0.2, 0.25) is 0 Å². The van der Waals surface area contributed by atoms with Gasteiger partial charge in [0.15, 0.2) is 17.5 Å². The van der Waals surface area contributed by atoms with Crippen LogP contribution in [0.25, 0.3) is 0 Å². The molecule has 0 aromatic heterocycles. The van der Waals surface area contributed by atoms with Crippen LogP contribution >= 0.6 is 0 Å². The van der Waals surface area contributed by atoms with Crippen molar-refractivity contribution in [1.82, 2.24) is 0 Å². The molecule has 1 rings (SSSR count). The fourth-order valence-corrected chi connectivity index (χ4v) is 1.07. The first-order valence-electron chi connectivity index (χ1n) is 4.03. The van der Waals surface area contributed by atoms with E-state index in [0.717, 1.165) is 7.11 Å². The number of hydrogen-bond donors (Lipinski definition) is 0. The zero-order valence-corrected chi connectivity index (χ0v) is 8.16. The Balaban J connectivity index is 3.56. The number of halogens is 6. The Kier molecular flexibility index (Phi) is 3.35. The Hall–Kier alpha value is -1.73. The molecular formula is C9H4F6O2. The van der Waals surface area contributed by atoms with Crippen molar-refractivity contribution in [3.05, 3.63) is 34.6 Å². The summed E-state index contributed by atoms with van der Waals surface area (Å²) in [6.07, 6.45) is -5.25. The first kappa shape index (κ1) is 13.3. The normalized spacial score (nSPS) is 11.5. The summed E-state index contributed by atoms with van der Waals surface area (Å²) >= 11 is 0. The molecule has 0 amide bonds. The molecule has 0 atom stereocenters. The third-order valence-corrected chi connectivity index (χ3v) is 1.86. The molecule has 0 fully saturated rings. The molecule has 0 saturated heterocycles. The maximum atomic E-state index is 13.0. The van der Waals surface area contributed by atoms with Crippen molar-refractivity contribution >= 4 is 5.97 Å². The van der Waals surface area contributed by atoms with Crippen LogP contribution in [0.5, 0.6) is 0 Å². The summed E-state index contributed by atoms with van der Waals surface area (Å²) in [6.45, 7) is 0. The van der Waals surface area contributed by atoms with Crippen molar-refractivity contribution in [2.24, 2.45) is 0 Å². The van der Waals surface area contributed by atoms with Gasteiger partial charge in [-0.15, -0.1) is 0 Å². The number of alkyl halides is 3. The molecule has 0 bridgehead atoms. The van der Waals surface area contributed by atoms with E-state index in [1.165, 1.54) is 0 Å². The topological polar surface area (TPSA) is 26.3 Å². The van der Waals surface area contributed by atoms with E-state index in [4.69, 9.17) is 0 Å². The number of ether oxygens (including phenoxy) is 1. The van der Waals surface area contributed by atoms with Gasteiger partial charge in [0.1, 0.15) is 0 Å². The largest absolute Gasteiger partial charge is 0.465 e. The molecule has 0 aliphatic heterocycles. The number of benzene rings is 1. The predicted molar refractivity (Wildman–Crippen MR) is 42.7 cm³/mol. The molecule has 0 saturated carbocycles. The summed E-state index contributed by atoms with van der Waals surface area (Å²) in [6, 6.07) is -0.139. The van der Waals surface area contributed by atoms with Crippen LogP contribution in [0.3, 0.4) is 0 Å². The van der Waals surface area contributed by atoms with Gasteiger partial charge in [-0.2, -0.15) is 13.2 Å². The van der Waals surface area contributed by atoms with Gasteiger partial charge in [0.2, 0.25) is 0 Å². The van der Waals surface area contributed by atoms with Crippen molar-refractivity contribution in [1.29, 1.82) is 0 Å². The lowest BCUT2D eigenvalue weighted by Gasteiger charge is -2.11. The summed E-state index contributed by atoms with van der Waals surface area (Å²) in [5.74, 6) is -8.34. The number of methoxy groups -OCH3 is 1. The van der Waals surface area contributed by atoms with E-state index in [-0.39, 0.29) is 6.07 Å². The van der Waals surface area contributed by atoms with Gasteiger partial charge in [-0.25, -0.2) is 18.0 Å². The molecule has 8 heteroatoms. The highest BCUT2D eigenvalue weighted by Gasteiger charge is 2.38. The predicted octanol–water partition coefficient (Wildman–Crippen LogP) is 2.91. The minimum absolute atomic E-state index is 0.139. The van der Waals surface area contributed by atoms with E-state index in [9.17, 15) is 31.1 Å².